The first-order valence-electron chi connectivity index (χ1n) is 8.31. The van der Waals surface area contributed by atoms with Crippen molar-refractivity contribution in [3.05, 3.63) is 0 Å². The molecule has 0 aromatic heterocycles. The Bertz CT molecular complexity index is 342. The molecule has 2 aliphatic rings. The van der Waals surface area contributed by atoms with Crippen LogP contribution in [0.2, 0.25) is 0 Å². The summed E-state index contributed by atoms with van der Waals surface area (Å²) in [6.45, 7) is 10.6. The number of hydrogen-bond donors (Lipinski definition) is 2. The number of carbonyl (C=O) groups is 1. The third kappa shape index (κ3) is 5.47. The van der Waals surface area contributed by atoms with Crippen LogP contribution in [0, 0.1) is 0 Å². The fourth-order valence-corrected chi connectivity index (χ4v) is 3.08. The zero-order valence-electron chi connectivity index (χ0n) is 13.9. The largest absolute Gasteiger partial charge is 0.444 e. The van der Waals surface area contributed by atoms with Gasteiger partial charge in [0.25, 0.3) is 0 Å². The van der Waals surface area contributed by atoms with Crippen molar-refractivity contribution < 1.29 is 9.53 Å². The molecule has 2 rings (SSSR count). The van der Waals surface area contributed by atoms with Gasteiger partial charge < -0.3 is 20.3 Å². The van der Waals surface area contributed by atoms with E-state index in [4.69, 9.17) is 4.74 Å². The highest BCUT2D eigenvalue weighted by Crippen LogP contribution is 2.17. The normalized spacial score (nSPS) is 25.3. The molecule has 0 aromatic carbocycles. The number of piperidine rings is 1. The maximum atomic E-state index is 11.9. The van der Waals surface area contributed by atoms with Crippen LogP contribution in [0.3, 0.4) is 0 Å². The molecule has 0 bridgehead atoms. The molecule has 2 aliphatic heterocycles. The number of amides is 1. The Morgan fingerprint density at radius 3 is 2.67 bits per heavy atom. The summed E-state index contributed by atoms with van der Waals surface area (Å²) in [4.78, 5) is 13.6. The fraction of sp³-hybridized carbons (Fsp3) is 0.938. The highest BCUT2D eigenvalue weighted by molar-refractivity contribution is 5.69. The van der Waals surface area contributed by atoms with Crippen molar-refractivity contribution in [2.24, 2.45) is 0 Å². The molecule has 5 nitrogen and oxygen atoms in total. The average Bonchev–Trinajstić information content (AvgIpc) is 2.32. The Balaban J connectivity index is 1.62. The Morgan fingerprint density at radius 1 is 1.38 bits per heavy atom. The van der Waals surface area contributed by atoms with Gasteiger partial charge in [0.1, 0.15) is 5.60 Å². The van der Waals surface area contributed by atoms with Gasteiger partial charge in [0.05, 0.1) is 0 Å². The lowest BCUT2D eigenvalue weighted by Gasteiger charge is -2.41. The minimum atomic E-state index is -0.407. The summed E-state index contributed by atoms with van der Waals surface area (Å²) in [6.07, 6.45) is 4.93. The second-order valence-corrected chi connectivity index (χ2v) is 7.53. The predicted octanol–water partition coefficient (Wildman–Crippen LogP) is 2.12. The molecule has 2 heterocycles. The van der Waals surface area contributed by atoms with Crippen LogP contribution < -0.4 is 10.6 Å². The molecule has 2 N–H and O–H groups in total. The third-order valence-electron chi connectivity index (χ3n) is 4.10. The van der Waals surface area contributed by atoms with E-state index in [2.05, 4.69) is 17.6 Å². The molecule has 5 heteroatoms. The van der Waals surface area contributed by atoms with E-state index in [0.717, 1.165) is 19.6 Å². The summed E-state index contributed by atoms with van der Waals surface area (Å²) < 4.78 is 5.37. The van der Waals surface area contributed by atoms with Crippen LogP contribution in [0.1, 0.15) is 53.4 Å². The van der Waals surface area contributed by atoms with Gasteiger partial charge in [-0.1, -0.05) is 6.42 Å². The van der Waals surface area contributed by atoms with Crippen molar-refractivity contribution >= 4 is 6.09 Å². The van der Waals surface area contributed by atoms with Gasteiger partial charge in [-0.15, -0.1) is 0 Å². The van der Waals surface area contributed by atoms with Crippen molar-refractivity contribution in [1.29, 1.82) is 0 Å². The first kappa shape index (κ1) is 16.6. The lowest BCUT2D eigenvalue weighted by Crippen LogP contribution is -2.62. The summed E-state index contributed by atoms with van der Waals surface area (Å²) in [6, 6.07) is 1.56. The molecule has 122 valence electrons. The van der Waals surface area contributed by atoms with Crippen LogP contribution in [0.4, 0.5) is 4.79 Å². The van der Waals surface area contributed by atoms with Crippen LogP contribution in [0.5, 0.6) is 0 Å². The fourth-order valence-electron chi connectivity index (χ4n) is 3.08. The second-order valence-electron chi connectivity index (χ2n) is 7.53. The molecule has 0 aliphatic carbocycles. The minimum absolute atomic E-state index is 0.192. The van der Waals surface area contributed by atoms with E-state index in [-0.39, 0.29) is 6.09 Å². The second kappa shape index (κ2) is 6.97. The number of hydrogen-bond acceptors (Lipinski definition) is 4. The Kier molecular flexibility index (Phi) is 5.49. The van der Waals surface area contributed by atoms with Crippen molar-refractivity contribution in [3.8, 4) is 0 Å². The van der Waals surface area contributed by atoms with Crippen LogP contribution in [0.25, 0.3) is 0 Å². The van der Waals surface area contributed by atoms with Crippen LogP contribution in [0.15, 0.2) is 0 Å². The van der Waals surface area contributed by atoms with E-state index in [1.54, 1.807) is 4.90 Å². The van der Waals surface area contributed by atoms with Crippen molar-refractivity contribution in [3.63, 3.8) is 0 Å². The van der Waals surface area contributed by atoms with Crippen LogP contribution >= 0.6 is 0 Å². The number of nitrogens with one attached hydrogen (secondary N) is 2. The summed E-state index contributed by atoms with van der Waals surface area (Å²) in [5.41, 5.74) is -0.407. The molecule has 0 aromatic rings. The lowest BCUT2D eigenvalue weighted by atomic mass is 9.98. The monoisotopic (exact) mass is 297 g/mol. The van der Waals surface area contributed by atoms with Crippen molar-refractivity contribution in [2.75, 3.05) is 19.6 Å². The predicted molar refractivity (Wildman–Crippen MR) is 84.5 cm³/mol. The molecular weight excluding hydrogens is 266 g/mol. The van der Waals surface area contributed by atoms with Gasteiger partial charge in [-0.3, -0.25) is 0 Å². The van der Waals surface area contributed by atoms with E-state index in [1.165, 1.54) is 25.7 Å². The SMILES string of the molecule is CC(CC1CCCCN1)NC1CN(C(=O)OC(C)(C)C)C1. The van der Waals surface area contributed by atoms with E-state index in [1.807, 2.05) is 20.8 Å². The van der Waals surface area contributed by atoms with Gasteiger partial charge in [-0.05, 0) is 53.5 Å². The van der Waals surface area contributed by atoms with Gasteiger partial charge in [-0.2, -0.15) is 0 Å². The van der Waals surface area contributed by atoms with Gasteiger partial charge in [0, 0.05) is 31.2 Å². The highest BCUT2D eigenvalue weighted by atomic mass is 16.6. The highest BCUT2D eigenvalue weighted by Gasteiger charge is 2.34. The van der Waals surface area contributed by atoms with E-state index in [0.29, 0.717) is 18.1 Å². The van der Waals surface area contributed by atoms with Gasteiger partial charge in [-0.25, -0.2) is 4.79 Å². The van der Waals surface area contributed by atoms with Crippen LogP contribution in [-0.4, -0.2) is 54.4 Å². The van der Waals surface area contributed by atoms with E-state index < -0.39 is 5.60 Å². The van der Waals surface area contributed by atoms with Gasteiger partial charge in [0.2, 0.25) is 0 Å². The molecule has 21 heavy (non-hydrogen) atoms. The van der Waals surface area contributed by atoms with Gasteiger partial charge >= 0.3 is 6.09 Å². The molecule has 2 saturated heterocycles. The first-order chi connectivity index (χ1) is 9.83. The molecule has 0 radical (unpaired) electrons. The molecular formula is C16H31N3O2. The molecule has 1 amide bonds. The quantitative estimate of drug-likeness (QED) is 0.834. The number of rotatable bonds is 4. The molecule has 2 atom stereocenters. The van der Waals surface area contributed by atoms with E-state index >= 15 is 0 Å². The van der Waals surface area contributed by atoms with E-state index in [9.17, 15) is 4.79 Å². The Morgan fingerprint density at radius 2 is 2.10 bits per heavy atom. The number of nitrogens with zero attached hydrogens (tertiary/aromatic N) is 1. The summed E-state index contributed by atoms with van der Waals surface area (Å²) in [7, 11) is 0. The molecule has 2 unspecified atom stereocenters. The smallest absolute Gasteiger partial charge is 0.410 e. The Hall–Kier alpha value is -0.810. The minimum Gasteiger partial charge on any atom is -0.444 e. The summed E-state index contributed by atoms with van der Waals surface area (Å²) in [5.74, 6) is 0. The number of ether oxygens (including phenoxy) is 1. The van der Waals surface area contributed by atoms with Crippen LogP contribution in [-0.2, 0) is 4.74 Å². The zero-order chi connectivity index (χ0) is 15.5. The summed E-state index contributed by atoms with van der Waals surface area (Å²) >= 11 is 0. The molecule has 2 fully saturated rings. The molecule has 0 spiro atoms. The lowest BCUT2D eigenvalue weighted by molar-refractivity contribution is 0.00410. The average molecular weight is 297 g/mol. The Labute approximate surface area is 128 Å². The summed E-state index contributed by atoms with van der Waals surface area (Å²) in [5, 5.41) is 7.21. The first-order valence-corrected chi connectivity index (χ1v) is 8.31. The maximum absolute atomic E-state index is 11.9. The van der Waals surface area contributed by atoms with Crippen molar-refractivity contribution in [1.82, 2.24) is 15.5 Å². The number of likely N-dealkylation sites (tertiary alicyclic amines) is 1. The topological polar surface area (TPSA) is 53.6 Å². The zero-order valence-corrected chi connectivity index (χ0v) is 13.9. The maximum Gasteiger partial charge on any atom is 0.410 e. The van der Waals surface area contributed by atoms with Gasteiger partial charge in [0.15, 0.2) is 0 Å². The number of carbonyl (C=O) groups excluding carboxylic acids is 1. The standard InChI is InChI=1S/C16H31N3O2/c1-12(9-13-7-5-6-8-17-13)18-14-10-19(11-14)15(20)21-16(2,3)4/h12-14,17-18H,5-11H2,1-4H3. The molecule has 0 saturated carbocycles. The third-order valence-corrected chi connectivity index (χ3v) is 4.10. The van der Waals surface area contributed by atoms with Crippen molar-refractivity contribution in [2.45, 2.75) is 77.1 Å².